The Morgan fingerprint density at radius 1 is 1.12 bits per heavy atom. The maximum Gasteiger partial charge on any atom is 0.0597 e. The number of aromatic nitrogens is 1. The van der Waals surface area contributed by atoms with Gasteiger partial charge in [-0.1, -0.05) is 24.3 Å². The average Bonchev–Trinajstić information content (AvgIpc) is 2.68. The molecule has 2 heteroatoms. The standard InChI is InChI=1S/C15H18N2/c1-10-9-14(11(2)17-10)15-13-6-4-3-5-12(13)7-8-16-15/h3-6,9,15-17H,7-8H2,1-2H3. The summed E-state index contributed by atoms with van der Waals surface area (Å²) < 4.78 is 0. The zero-order chi connectivity index (χ0) is 11.8. The second-order valence-corrected chi connectivity index (χ2v) is 4.87. The predicted octanol–water partition coefficient (Wildman–Crippen LogP) is 2.87. The summed E-state index contributed by atoms with van der Waals surface area (Å²) in [5.41, 5.74) is 6.81. The molecule has 2 aromatic rings. The Morgan fingerprint density at radius 3 is 2.71 bits per heavy atom. The van der Waals surface area contributed by atoms with Gasteiger partial charge in [0.05, 0.1) is 6.04 Å². The van der Waals surface area contributed by atoms with Crippen LogP contribution in [0.1, 0.15) is 34.1 Å². The largest absolute Gasteiger partial charge is 0.362 e. The molecule has 2 N–H and O–H groups in total. The highest BCUT2D eigenvalue weighted by molar-refractivity contribution is 5.41. The number of hydrogen-bond acceptors (Lipinski definition) is 1. The lowest BCUT2D eigenvalue weighted by atomic mass is 9.90. The molecule has 0 amide bonds. The molecule has 0 saturated carbocycles. The fraction of sp³-hybridized carbons (Fsp3) is 0.333. The minimum Gasteiger partial charge on any atom is -0.362 e. The van der Waals surface area contributed by atoms with Gasteiger partial charge in [0.2, 0.25) is 0 Å². The van der Waals surface area contributed by atoms with Crippen LogP contribution in [0.3, 0.4) is 0 Å². The van der Waals surface area contributed by atoms with Crippen LogP contribution in [0.25, 0.3) is 0 Å². The molecule has 88 valence electrons. The summed E-state index contributed by atoms with van der Waals surface area (Å²) in [5, 5.41) is 3.63. The Hall–Kier alpha value is -1.54. The van der Waals surface area contributed by atoms with Crippen LogP contribution in [0.15, 0.2) is 30.3 Å². The van der Waals surface area contributed by atoms with Crippen molar-refractivity contribution in [1.82, 2.24) is 10.3 Å². The number of fused-ring (bicyclic) bond motifs is 1. The third-order valence-electron chi connectivity index (χ3n) is 3.61. The number of benzene rings is 1. The Morgan fingerprint density at radius 2 is 1.94 bits per heavy atom. The van der Waals surface area contributed by atoms with E-state index in [2.05, 4.69) is 54.5 Å². The number of hydrogen-bond donors (Lipinski definition) is 2. The first-order valence-corrected chi connectivity index (χ1v) is 6.23. The monoisotopic (exact) mass is 226 g/mol. The summed E-state index contributed by atoms with van der Waals surface area (Å²) >= 11 is 0. The van der Waals surface area contributed by atoms with Crippen molar-refractivity contribution in [3.05, 3.63) is 58.4 Å². The highest BCUT2D eigenvalue weighted by atomic mass is 14.9. The van der Waals surface area contributed by atoms with Crippen LogP contribution in [-0.2, 0) is 6.42 Å². The van der Waals surface area contributed by atoms with Crippen molar-refractivity contribution < 1.29 is 0 Å². The van der Waals surface area contributed by atoms with Gasteiger partial charge in [-0.2, -0.15) is 0 Å². The molecule has 17 heavy (non-hydrogen) atoms. The molecular weight excluding hydrogens is 208 g/mol. The third-order valence-corrected chi connectivity index (χ3v) is 3.61. The maximum atomic E-state index is 3.63. The average molecular weight is 226 g/mol. The topological polar surface area (TPSA) is 27.8 Å². The van der Waals surface area contributed by atoms with Crippen molar-refractivity contribution in [3.8, 4) is 0 Å². The third kappa shape index (κ3) is 1.79. The van der Waals surface area contributed by atoms with E-state index in [-0.39, 0.29) is 0 Å². The van der Waals surface area contributed by atoms with Gasteiger partial charge >= 0.3 is 0 Å². The zero-order valence-corrected chi connectivity index (χ0v) is 10.4. The lowest BCUT2D eigenvalue weighted by Crippen LogP contribution is -2.30. The number of nitrogens with one attached hydrogen (secondary N) is 2. The molecule has 0 saturated heterocycles. The van der Waals surface area contributed by atoms with E-state index in [4.69, 9.17) is 0 Å². The molecular formula is C15H18N2. The van der Waals surface area contributed by atoms with E-state index >= 15 is 0 Å². The van der Waals surface area contributed by atoms with E-state index in [1.165, 1.54) is 28.1 Å². The second kappa shape index (κ2) is 4.04. The Bertz CT molecular complexity index is 540. The zero-order valence-electron chi connectivity index (χ0n) is 10.4. The van der Waals surface area contributed by atoms with E-state index in [0.29, 0.717) is 6.04 Å². The minimum absolute atomic E-state index is 0.352. The maximum absolute atomic E-state index is 3.63. The molecule has 2 nitrogen and oxygen atoms in total. The van der Waals surface area contributed by atoms with Gasteiger partial charge in [-0.15, -0.1) is 0 Å². The van der Waals surface area contributed by atoms with Crippen molar-refractivity contribution >= 4 is 0 Å². The van der Waals surface area contributed by atoms with E-state index in [9.17, 15) is 0 Å². The molecule has 1 aromatic carbocycles. The molecule has 1 aromatic heterocycles. The molecule has 0 bridgehead atoms. The van der Waals surface area contributed by atoms with Crippen LogP contribution in [0.4, 0.5) is 0 Å². The van der Waals surface area contributed by atoms with Crippen molar-refractivity contribution in [2.45, 2.75) is 26.3 Å². The van der Waals surface area contributed by atoms with Crippen molar-refractivity contribution in [3.63, 3.8) is 0 Å². The van der Waals surface area contributed by atoms with Crippen molar-refractivity contribution in [1.29, 1.82) is 0 Å². The lowest BCUT2D eigenvalue weighted by molar-refractivity contribution is 0.566. The molecule has 1 atom stereocenters. The summed E-state index contributed by atoms with van der Waals surface area (Å²) in [7, 11) is 0. The smallest absolute Gasteiger partial charge is 0.0597 e. The number of rotatable bonds is 1. The first-order valence-electron chi connectivity index (χ1n) is 6.23. The summed E-state index contributed by atoms with van der Waals surface area (Å²) in [6, 6.07) is 11.4. The first-order chi connectivity index (χ1) is 8.25. The Labute approximate surface area is 102 Å². The van der Waals surface area contributed by atoms with Crippen LogP contribution < -0.4 is 5.32 Å². The lowest BCUT2D eigenvalue weighted by Gasteiger charge is -2.27. The molecule has 0 fully saturated rings. The van der Waals surface area contributed by atoms with Gasteiger partial charge in [0, 0.05) is 17.9 Å². The van der Waals surface area contributed by atoms with Gasteiger partial charge in [-0.05, 0) is 43.0 Å². The highest BCUT2D eigenvalue weighted by Crippen LogP contribution is 2.30. The van der Waals surface area contributed by atoms with Gasteiger partial charge < -0.3 is 10.3 Å². The van der Waals surface area contributed by atoms with Crippen LogP contribution in [0, 0.1) is 13.8 Å². The normalized spacial score (nSPS) is 19.1. The summed E-state index contributed by atoms with van der Waals surface area (Å²) in [6.45, 7) is 5.33. The highest BCUT2D eigenvalue weighted by Gasteiger charge is 2.22. The summed E-state index contributed by atoms with van der Waals surface area (Å²) in [6.07, 6.45) is 1.13. The fourth-order valence-corrected chi connectivity index (χ4v) is 2.83. The quantitative estimate of drug-likeness (QED) is 0.769. The summed E-state index contributed by atoms with van der Waals surface area (Å²) in [5.74, 6) is 0. The van der Waals surface area contributed by atoms with Crippen molar-refractivity contribution in [2.24, 2.45) is 0 Å². The number of aryl methyl sites for hydroxylation is 2. The molecule has 0 radical (unpaired) electrons. The fourth-order valence-electron chi connectivity index (χ4n) is 2.83. The van der Waals surface area contributed by atoms with E-state index in [0.717, 1.165) is 13.0 Å². The molecule has 0 aliphatic carbocycles. The van der Waals surface area contributed by atoms with Gasteiger partial charge in [-0.25, -0.2) is 0 Å². The molecule has 1 aliphatic rings. The van der Waals surface area contributed by atoms with Gasteiger partial charge in [0.25, 0.3) is 0 Å². The molecule has 1 aliphatic heterocycles. The van der Waals surface area contributed by atoms with Gasteiger partial charge in [-0.3, -0.25) is 0 Å². The SMILES string of the molecule is Cc1cc(C2NCCc3ccccc32)c(C)[nH]1. The van der Waals surface area contributed by atoms with Gasteiger partial charge in [0.1, 0.15) is 0 Å². The molecule has 3 rings (SSSR count). The second-order valence-electron chi connectivity index (χ2n) is 4.87. The van der Waals surface area contributed by atoms with E-state index < -0.39 is 0 Å². The number of aromatic amines is 1. The van der Waals surface area contributed by atoms with Crippen LogP contribution in [0.5, 0.6) is 0 Å². The van der Waals surface area contributed by atoms with E-state index in [1.807, 2.05) is 0 Å². The van der Waals surface area contributed by atoms with E-state index in [1.54, 1.807) is 0 Å². The number of H-pyrrole nitrogens is 1. The molecule has 1 unspecified atom stereocenters. The molecule has 0 spiro atoms. The summed E-state index contributed by atoms with van der Waals surface area (Å²) in [4.78, 5) is 3.40. The minimum atomic E-state index is 0.352. The van der Waals surface area contributed by atoms with Crippen LogP contribution in [0.2, 0.25) is 0 Å². The first kappa shape index (κ1) is 10.6. The van der Waals surface area contributed by atoms with Crippen molar-refractivity contribution in [2.75, 3.05) is 6.54 Å². The van der Waals surface area contributed by atoms with Crippen LogP contribution >= 0.6 is 0 Å². The van der Waals surface area contributed by atoms with Gasteiger partial charge in [0.15, 0.2) is 0 Å². The Kier molecular flexibility index (Phi) is 2.52. The Balaban J connectivity index is 2.09. The molecule has 2 heterocycles. The predicted molar refractivity (Wildman–Crippen MR) is 70.3 cm³/mol. The van der Waals surface area contributed by atoms with Crippen LogP contribution in [-0.4, -0.2) is 11.5 Å².